The summed E-state index contributed by atoms with van der Waals surface area (Å²) in [7, 11) is 1.84. The first-order chi connectivity index (χ1) is 6.65. The van der Waals surface area contributed by atoms with Crippen LogP contribution in [0.2, 0.25) is 0 Å². The van der Waals surface area contributed by atoms with Crippen LogP contribution >= 0.6 is 11.3 Å². The Morgan fingerprint density at radius 3 is 2.93 bits per heavy atom. The number of hydrogen-bond donors (Lipinski definition) is 2. The molecule has 0 saturated carbocycles. The smallest absolute Gasteiger partial charge is 0.229 e. The quantitative estimate of drug-likeness (QED) is 0.791. The van der Waals surface area contributed by atoms with Gasteiger partial charge in [0.15, 0.2) is 0 Å². The minimum Gasteiger partial charge on any atom is -0.319 e. The SMILES string of the molecule is CNCC(C)C(=O)Nc1scnc1C. The summed E-state index contributed by atoms with van der Waals surface area (Å²) in [5, 5.41) is 6.67. The van der Waals surface area contributed by atoms with E-state index in [4.69, 9.17) is 0 Å². The third-order valence-electron chi connectivity index (χ3n) is 1.94. The Morgan fingerprint density at radius 2 is 2.43 bits per heavy atom. The van der Waals surface area contributed by atoms with E-state index >= 15 is 0 Å². The molecular formula is C9H15N3OS. The highest BCUT2D eigenvalue weighted by Gasteiger charge is 2.13. The van der Waals surface area contributed by atoms with Crippen molar-refractivity contribution in [2.24, 2.45) is 5.92 Å². The van der Waals surface area contributed by atoms with Crippen LogP contribution in [0.3, 0.4) is 0 Å². The molecule has 0 aliphatic carbocycles. The van der Waals surface area contributed by atoms with Crippen LogP contribution in [0.5, 0.6) is 0 Å². The highest BCUT2D eigenvalue weighted by molar-refractivity contribution is 7.14. The van der Waals surface area contributed by atoms with Gasteiger partial charge in [-0.1, -0.05) is 6.92 Å². The van der Waals surface area contributed by atoms with Crippen LogP contribution < -0.4 is 10.6 Å². The van der Waals surface area contributed by atoms with Gasteiger partial charge in [0.2, 0.25) is 5.91 Å². The third kappa shape index (κ3) is 2.78. The maximum atomic E-state index is 11.6. The standard InChI is InChI=1S/C9H15N3OS/c1-6(4-10-3)8(13)12-9-7(2)11-5-14-9/h5-6,10H,4H2,1-3H3,(H,12,13). The lowest BCUT2D eigenvalue weighted by Crippen LogP contribution is -2.28. The van der Waals surface area contributed by atoms with Gasteiger partial charge < -0.3 is 10.6 Å². The number of nitrogens with zero attached hydrogens (tertiary/aromatic N) is 1. The molecule has 1 rings (SSSR count). The lowest BCUT2D eigenvalue weighted by Gasteiger charge is -2.10. The number of rotatable bonds is 4. The zero-order chi connectivity index (χ0) is 10.6. The average molecular weight is 213 g/mol. The Labute approximate surface area is 87.7 Å². The monoisotopic (exact) mass is 213 g/mol. The van der Waals surface area contributed by atoms with Crippen molar-refractivity contribution in [2.45, 2.75) is 13.8 Å². The Balaban J connectivity index is 2.53. The lowest BCUT2D eigenvalue weighted by molar-refractivity contribution is -0.119. The van der Waals surface area contributed by atoms with Crippen LogP contribution in [0.1, 0.15) is 12.6 Å². The predicted molar refractivity (Wildman–Crippen MR) is 58.6 cm³/mol. The molecule has 0 aliphatic heterocycles. The van der Waals surface area contributed by atoms with Gasteiger partial charge in [0, 0.05) is 12.5 Å². The van der Waals surface area contributed by atoms with Crippen molar-refractivity contribution in [3.05, 3.63) is 11.2 Å². The first kappa shape index (κ1) is 11.1. The number of carbonyl (C=O) groups excluding carboxylic acids is 1. The number of hydrogen-bond acceptors (Lipinski definition) is 4. The molecule has 78 valence electrons. The molecule has 0 aromatic carbocycles. The zero-order valence-corrected chi connectivity index (χ0v) is 9.44. The van der Waals surface area contributed by atoms with E-state index in [1.165, 1.54) is 11.3 Å². The predicted octanol–water partition coefficient (Wildman–Crippen LogP) is 1.25. The highest BCUT2D eigenvalue weighted by atomic mass is 32.1. The molecule has 1 atom stereocenters. The van der Waals surface area contributed by atoms with E-state index in [1.807, 2.05) is 20.9 Å². The number of amides is 1. The van der Waals surface area contributed by atoms with Crippen molar-refractivity contribution in [3.8, 4) is 0 Å². The summed E-state index contributed by atoms with van der Waals surface area (Å²) >= 11 is 1.45. The molecule has 4 nitrogen and oxygen atoms in total. The van der Waals surface area contributed by atoms with E-state index in [0.717, 1.165) is 10.7 Å². The van der Waals surface area contributed by atoms with Gasteiger partial charge in [-0.3, -0.25) is 4.79 Å². The summed E-state index contributed by atoms with van der Waals surface area (Å²) in [4.78, 5) is 15.6. The van der Waals surface area contributed by atoms with E-state index < -0.39 is 0 Å². The summed E-state index contributed by atoms with van der Waals surface area (Å²) in [6.07, 6.45) is 0. The van der Waals surface area contributed by atoms with Crippen molar-refractivity contribution in [1.29, 1.82) is 0 Å². The van der Waals surface area contributed by atoms with Crippen molar-refractivity contribution >= 4 is 22.2 Å². The second kappa shape index (κ2) is 5.07. The van der Waals surface area contributed by atoms with Gasteiger partial charge in [-0.2, -0.15) is 0 Å². The maximum Gasteiger partial charge on any atom is 0.229 e. The number of aromatic nitrogens is 1. The summed E-state index contributed by atoms with van der Waals surface area (Å²) in [6.45, 7) is 4.46. The second-order valence-electron chi connectivity index (χ2n) is 3.21. The van der Waals surface area contributed by atoms with E-state index in [2.05, 4.69) is 15.6 Å². The minimum atomic E-state index is -0.0264. The summed E-state index contributed by atoms with van der Waals surface area (Å²) < 4.78 is 0. The fourth-order valence-electron chi connectivity index (χ4n) is 1.06. The van der Waals surface area contributed by atoms with Gasteiger partial charge >= 0.3 is 0 Å². The van der Waals surface area contributed by atoms with Crippen molar-refractivity contribution in [3.63, 3.8) is 0 Å². The van der Waals surface area contributed by atoms with Gasteiger partial charge in [-0.25, -0.2) is 4.98 Å². The topological polar surface area (TPSA) is 54.0 Å². The molecule has 1 aromatic heterocycles. The van der Waals surface area contributed by atoms with Gasteiger partial charge in [0.05, 0.1) is 11.2 Å². The Kier molecular flexibility index (Phi) is 4.03. The van der Waals surface area contributed by atoms with Crippen molar-refractivity contribution in [1.82, 2.24) is 10.3 Å². The largest absolute Gasteiger partial charge is 0.319 e. The van der Waals surface area contributed by atoms with Gasteiger partial charge in [0.25, 0.3) is 0 Å². The molecule has 1 unspecified atom stereocenters. The maximum absolute atomic E-state index is 11.6. The molecule has 0 saturated heterocycles. The second-order valence-corrected chi connectivity index (χ2v) is 4.07. The molecular weight excluding hydrogens is 198 g/mol. The molecule has 0 fully saturated rings. The summed E-state index contributed by atoms with van der Waals surface area (Å²) in [5.41, 5.74) is 2.60. The number of thiazole rings is 1. The highest BCUT2D eigenvalue weighted by Crippen LogP contribution is 2.19. The minimum absolute atomic E-state index is 0.0264. The summed E-state index contributed by atoms with van der Waals surface area (Å²) in [6, 6.07) is 0. The molecule has 0 bridgehead atoms. The van der Waals surface area contributed by atoms with E-state index in [9.17, 15) is 4.79 Å². The van der Waals surface area contributed by atoms with Gasteiger partial charge in [-0.15, -0.1) is 11.3 Å². The fourth-order valence-corrected chi connectivity index (χ4v) is 1.75. The lowest BCUT2D eigenvalue weighted by atomic mass is 10.1. The zero-order valence-electron chi connectivity index (χ0n) is 8.63. The van der Waals surface area contributed by atoms with Crippen LogP contribution in [-0.4, -0.2) is 24.5 Å². The van der Waals surface area contributed by atoms with Crippen molar-refractivity contribution in [2.75, 3.05) is 18.9 Å². The van der Waals surface area contributed by atoms with E-state index in [-0.39, 0.29) is 11.8 Å². The molecule has 0 aliphatic rings. The first-order valence-electron chi connectivity index (χ1n) is 4.50. The molecule has 14 heavy (non-hydrogen) atoms. The van der Waals surface area contributed by atoms with E-state index in [0.29, 0.717) is 6.54 Å². The van der Waals surface area contributed by atoms with Crippen LogP contribution in [0.4, 0.5) is 5.00 Å². The molecule has 1 aromatic rings. The molecule has 0 radical (unpaired) electrons. The van der Waals surface area contributed by atoms with E-state index in [1.54, 1.807) is 5.51 Å². The fraction of sp³-hybridized carbons (Fsp3) is 0.556. The van der Waals surface area contributed by atoms with Crippen molar-refractivity contribution < 1.29 is 4.79 Å². The Hall–Kier alpha value is -0.940. The van der Waals surface area contributed by atoms with Gasteiger partial charge in [-0.05, 0) is 14.0 Å². The molecule has 0 spiro atoms. The Bertz CT molecular complexity index is 311. The van der Waals surface area contributed by atoms with Crippen LogP contribution in [0, 0.1) is 12.8 Å². The first-order valence-corrected chi connectivity index (χ1v) is 5.38. The normalized spacial score (nSPS) is 12.5. The number of aryl methyl sites for hydroxylation is 1. The Morgan fingerprint density at radius 1 is 1.71 bits per heavy atom. The number of carbonyl (C=O) groups is 1. The third-order valence-corrected chi connectivity index (χ3v) is 2.78. The van der Waals surface area contributed by atoms with Crippen LogP contribution in [0.25, 0.3) is 0 Å². The number of anilines is 1. The summed E-state index contributed by atoms with van der Waals surface area (Å²) in [5.74, 6) is 0.00759. The van der Waals surface area contributed by atoms with Crippen LogP contribution in [0.15, 0.2) is 5.51 Å². The molecule has 2 N–H and O–H groups in total. The molecule has 5 heteroatoms. The average Bonchev–Trinajstić information content (AvgIpc) is 2.52. The van der Waals surface area contributed by atoms with Crippen LogP contribution in [-0.2, 0) is 4.79 Å². The molecule has 1 amide bonds. The van der Waals surface area contributed by atoms with Gasteiger partial charge in [0.1, 0.15) is 5.00 Å². The number of nitrogens with one attached hydrogen (secondary N) is 2. The molecule has 1 heterocycles.